The molecule has 6 heteroatoms. The molecule has 23 heavy (non-hydrogen) atoms. The van der Waals surface area contributed by atoms with Crippen molar-refractivity contribution >= 4 is 5.91 Å². The summed E-state index contributed by atoms with van der Waals surface area (Å²) in [5.41, 5.74) is 0. The molecule has 0 unspecified atom stereocenters. The topological polar surface area (TPSA) is 55.2 Å². The number of fused-ring (bicyclic) bond motifs is 1. The summed E-state index contributed by atoms with van der Waals surface area (Å²) in [4.78, 5) is 17.2. The summed E-state index contributed by atoms with van der Waals surface area (Å²) in [6.45, 7) is 6.01. The molecule has 1 aromatic heterocycles. The maximum absolute atomic E-state index is 12.8. The van der Waals surface area contributed by atoms with Gasteiger partial charge in [0.25, 0.3) is 5.91 Å². The van der Waals surface area contributed by atoms with Crippen LogP contribution in [0, 0.1) is 12.8 Å². The molecule has 2 aliphatic heterocycles. The zero-order chi connectivity index (χ0) is 16.4. The zero-order valence-electron chi connectivity index (χ0n) is 14.2. The molecule has 3 heterocycles. The van der Waals surface area contributed by atoms with E-state index in [4.69, 9.17) is 13.9 Å². The van der Waals surface area contributed by atoms with E-state index in [1.807, 2.05) is 17.9 Å². The van der Waals surface area contributed by atoms with Gasteiger partial charge in [0.1, 0.15) is 5.76 Å². The van der Waals surface area contributed by atoms with Crippen molar-refractivity contribution in [3.05, 3.63) is 23.7 Å². The Bertz CT molecular complexity index is 544. The molecule has 0 aliphatic carbocycles. The summed E-state index contributed by atoms with van der Waals surface area (Å²) in [5.74, 6) is 1.55. The summed E-state index contributed by atoms with van der Waals surface area (Å²) in [6.07, 6.45) is 1.09. The highest BCUT2D eigenvalue weighted by Gasteiger charge is 2.46. The number of nitrogens with zero attached hydrogens (tertiary/aromatic N) is 2. The number of likely N-dealkylation sites (tertiary alicyclic amines) is 2. The molecule has 0 bridgehead atoms. The Balaban J connectivity index is 1.75. The number of aryl methyl sites for hydroxylation is 1. The Hall–Kier alpha value is -1.37. The van der Waals surface area contributed by atoms with E-state index in [0.717, 1.165) is 38.4 Å². The molecule has 2 aliphatic rings. The van der Waals surface area contributed by atoms with Gasteiger partial charge in [-0.3, -0.25) is 9.69 Å². The smallest absolute Gasteiger partial charge is 0.289 e. The molecule has 128 valence electrons. The summed E-state index contributed by atoms with van der Waals surface area (Å²) in [5, 5.41) is 0. The van der Waals surface area contributed by atoms with Crippen LogP contribution >= 0.6 is 0 Å². The van der Waals surface area contributed by atoms with Crippen molar-refractivity contribution < 1.29 is 18.7 Å². The Kier molecular flexibility index (Phi) is 5.04. The van der Waals surface area contributed by atoms with Crippen LogP contribution in [0.1, 0.15) is 22.7 Å². The number of carbonyl (C=O) groups excluding carboxylic acids is 1. The molecule has 0 aromatic carbocycles. The van der Waals surface area contributed by atoms with Crippen LogP contribution in [0.4, 0.5) is 0 Å². The van der Waals surface area contributed by atoms with Crippen molar-refractivity contribution in [3.8, 4) is 0 Å². The quantitative estimate of drug-likeness (QED) is 0.820. The van der Waals surface area contributed by atoms with Crippen LogP contribution in [0.5, 0.6) is 0 Å². The average Bonchev–Trinajstić information content (AvgIpc) is 3.17. The third-order valence-corrected chi connectivity index (χ3v) is 5.07. The Labute approximate surface area is 137 Å². The van der Waals surface area contributed by atoms with E-state index in [0.29, 0.717) is 18.3 Å². The predicted octanol–water partition coefficient (Wildman–Crippen LogP) is 1.40. The van der Waals surface area contributed by atoms with E-state index in [9.17, 15) is 4.79 Å². The maximum Gasteiger partial charge on any atom is 0.289 e. The van der Waals surface area contributed by atoms with Gasteiger partial charge in [0, 0.05) is 46.3 Å². The largest absolute Gasteiger partial charge is 0.456 e. The fourth-order valence-electron chi connectivity index (χ4n) is 3.87. The summed E-state index contributed by atoms with van der Waals surface area (Å²) >= 11 is 0. The number of piperidine rings is 1. The third kappa shape index (κ3) is 3.29. The number of amides is 1. The number of rotatable bonds is 5. The van der Waals surface area contributed by atoms with E-state index in [1.165, 1.54) is 0 Å². The Morgan fingerprint density at radius 1 is 1.35 bits per heavy atom. The highest BCUT2D eigenvalue weighted by molar-refractivity contribution is 5.92. The minimum atomic E-state index is -0.00348. The molecule has 1 amide bonds. The van der Waals surface area contributed by atoms with Gasteiger partial charge in [-0.15, -0.1) is 0 Å². The van der Waals surface area contributed by atoms with Crippen molar-refractivity contribution in [1.82, 2.24) is 9.80 Å². The third-order valence-electron chi connectivity index (χ3n) is 5.07. The van der Waals surface area contributed by atoms with Crippen LogP contribution in [-0.2, 0) is 9.47 Å². The Morgan fingerprint density at radius 3 is 2.83 bits per heavy atom. The molecule has 0 radical (unpaired) electrons. The van der Waals surface area contributed by atoms with Gasteiger partial charge in [-0.1, -0.05) is 0 Å². The van der Waals surface area contributed by atoms with Gasteiger partial charge in [-0.2, -0.15) is 0 Å². The molecule has 0 saturated carbocycles. The molecule has 3 atom stereocenters. The monoisotopic (exact) mass is 322 g/mol. The minimum Gasteiger partial charge on any atom is -0.456 e. The lowest BCUT2D eigenvalue weighted by Crippen LogP contribution is -2.53. The molecular formula is C17H26N2O4. The van der Waals surface area contributed by atoms with Crippen molar-refractivity contribution in [2.24, 2.45) is 5.92 Å². The first-order valence-corrected chi connectivity index (χ1v) is 8.25. The van der Waals surface area contributed by atoms with Gasteiger partial charge in [-0.25, -0.2) is 0 Å². The molecule has 2 fully saturated rings. The van der Waals surface area contributed by atoms with Gasteiger partial charge in [0.05, 0.1) is 18.8 Å². The molecule has 0 N–H and O–H groups in total. The predicted molar refractivity (Wildman–Crippen MR) is 85.5 cm³/mol. The summed E-state index contributed by atoms with van der Waals surface area (Å²) in [7, 11) is 3.49. The number of hydrogen-bond acceptors (Lipinski definition) is 5. The van der Waals surface area contributed by atoms with Crippen LogP contribution < -0.4 is 0 Å². The van der Waals surface area contributed by atoms with E-state index >= 15 is 0 Å². The van der Waals surface area contributed by atoms with Crippen LogP contribution in [0.2, 0.25) is 0 Å². The first-order valence-electron chi connectivity index (χ1n) is 8.25. The lowest BCUT2D eigenvalue weighted by atomic mass is 9.89. The van der Waals surface area contributed by atoms with Gasteiger partial charge in [0.2, 0.25) is 0 Å². The summed E-state index contributed by atoms with van der Waals surface area (Å²) < 4.78 is 16.4. The molecule has 1 aromatic rings. The van der Waals surface area contributed by atoms with Crippen molar-refractivity contribution in [2.75, 3.05) is 47.0 Å². The molecular weight excluding hydrogens is 296 g/mol. The molecule has 3 rings (SSSR count). The summed E-state index contributed by atoms with van der Waals surface area (Å²) in [6, 6.07) is 3.79. The second-order valence-corrected chi connectivity index (χ2v) is 6.46. The van der Waals surface area contributed by atoms with Crippen LogP contribution in [0.15, 0.2) is 16.5 Å². The first-order chi connectivity index (χ1) is 11.1. The van der Waals surface area contributed by atoms with Crippen LogP contribution in [-0.4, -0.2) is 74.9 Å². The second kappa shape index (κ2) is 7.03. The highest BCUT2D eigenvalue weighted by atomic mass is 16.5. The lowest BCUT2D eigenvalue weighted by molar-refractivity contribution is -0.0166. The SMILES string of the molecule is COCCN1C[C@H]2[C@H](OC)CCN(C(=O)c3ccc(C)o3)[C@H]2C1. The van der Waals surface area contributed by atoms with Gasteiger partial charge < -0.3 is 18.8 Å². The number of hydrogen-bond donors (Lipinski definition) is 0. The fraction of sp³-hybridized carbons (Fsp3) is 0.706. The fourth-order valence-corrected chi connectivity index (χ4v) is 3.87. The van der Waals surface area contributed by atoms with E-state index in [-0.39, 0.29) is 18.1 Å². The van der Waals surface area contributed by atoms with Gasteiger partial charge >= 0.3 is 0 Å². The normalized spacial score (nSPS) is 28.1. The highest BCUT2D eigenvalue weighted by Crippen LogP contribution is 2.33. The number of carbonyl (C=O) groups is 1. The van der Waals surface area contributed by atoms with E-state index < -0.39 is 0 Å². The van der Waals surface area contributed by atoms with E-state index in [1.54, 1.807) is 20.3 Å². The second-order valence-electron chi connectivity index (χ2n) is 6.46. The minimum absolute atomic E-state index is 0.00348. The molecule has 2 saturated heterocycles. The number of furan rings is 1. The van der Waals surface area contributed by atoms with Gasteiger partial charge in [-0.05, 0) is 25.5 Å². The first kappa shape index (κ1) is 16.5. The van der Waals surface area contributed by atoms with Crippen LogP contribution in [0.25, 0.3) is 0 Å². The molecule has 6 nitrogen and oxygen atoms in total. The Morgan fingerprint density at radius 2 is 2.17 bits per heavy atom. The number of ether oxygens (including phenoxy) is 2. The van der Waals surface area contributed by atoms with Crippen molar-refractivity contribution in [3.63, 3.8) is 0 Å². The van der Waals surface area contributed by atoms with E-state index in [2.05, 4.69) is 4.90 Å². The maximum atomic E-state index is 12.8. The average molecular weight is 322 g/mol. The van der Waals surface area contributed by atoms with Crippen molar-refractivity contribution in [1.29, 1.82) is 0 Å². The lowest BCUT2D eigenvalue weighted by Gasteiger charge is -2.40. The van der Waals surface area contributed by atoms with Crippen LogP contribution in [0.3, 0.4) is 0 Å². The number of methoxy groups -OCH3 is 2. The van der Waals surface area contributed by atoms with Crippen molar-refractivity contribution in [2.45, 2.75) is 25.5 Å². The van der Waals surface area contributed by atoms with Gasteiger partial charge in [0.15, 0.2) is 5.76 Å². The zero-order valence-corrected chi connectivity index (χ0v) is 14.2. The molecule has 0 spiro atoms. The standard InChI is InChI=1S/C17H26N2O4/c1-12-4-5-16(23-12)17(20)19-7-6-15(22-3)13-10-18(8-9-21-2)11-14(13)19/h4-5,13-15H,6-11H2,1-3H3/t13-,14+,15-/m1/s1.